The van der Waals surface area contributed by atoms with Gasteiger partial charge in [-0.2, -0.15) is 5.10 Å². The molecule has 1 N–H and O–H groups in total. The molecular formula is C10H8N2O2S. The topological polar surface area (TPSA) is 52.9 Å². The molecule has 0 aromatic heterocycles. The third kappa shape index (κ3) is 2.38. The molecule has 0 atom stereocenters. The Balaban J connectivity index is 2.26. The molecule has 1 aromatic rings. The number of carbonyl (C=O) groups is 1. The van der Waals surface area contributed by atoms with E-state index >= 15 is 0 Å². The normalized spacial score (nSPS) is 13.5. The van der Waals surface area contributed by atoms with Crippen LogP contribution in [0.1, 0.15) is 11.1 Å². The third-order valence-electron chi connectivity index (χ3n) is 1.86. The summed E-state index contributed by atoms with van der Waals surface area (Å²) in [4.78, 5) is 10.5. The molecule has 1 aromatic carbocycles. The van der Waals surface area contributed by atoms with E-state index in [0.717, 1.165) is 11.1 Å². The van der Waals surface area contributed by atoms with E-state index in [9.17, 15) is 4.79 Å². The Bertz CT molecular complexity index is 410. The Hall–Kier alpha value is -1.75. The average molecular weight is 220 g/mol. The van der Waals surface area contributed by atoms with Gasteiger partial charge in [-0.15, -0.1) is 0 Å². The Kier molecular flexibility index (Phi) is 2.73. The molecule has 0 aliphatic carbocycles. The van der Waals surface area contributed by atoms with Crippen LogP contribution in [0.4, 0.5) is 4.79 Å². The molecule has 0 spiro atoms. The highest BCUT2D eigenvalue weighted by Gasteiger charge is 2.07. The number of hydrogen-bond acceptors (Lipinski definition) is 4. The highest BCUT2D eigenvalue weighted by Crippen LogP contribution is 2.18. The summed E-state index contributed by atoms with van der Waals surface area (Å²) in [5.41, 5.74) is 2.00. The lowest BCUT2D eigenvalue weighted by Crippen LogP contribution is -2.01. The standard InChI is InChI=1S/C10H8N2O2S/c13-10(14)15-12-6-5-8-3-1-2-4-9(8)7-11-12/h1-7H,(H,13,14). The zero-order chi connectivity index (χ0) is 10.7. The van der Waals surface area contributed by atoms with Crippen molar-refractivity contribution < 1.29 is 9.90 Å². The Labute approximate surface area is 91.0 Å². The van der Waals surface area contributed by atoms with Gasteiger partial charge in [0.15, 0.2) is 0 Å². The predicted octanol–water partition coefficient (Wildman–Crippen LogP) is 2.63. The van der Waals surface area contributed by atoms with E-state index in [1.807, 2.05) is 30.3 Å². The second kappa shape index (κ2) is 4.18. The number of hydrazone groups is 1. The number of hydrogen-bond donors (Lipinski definition) is 1. The first-order valence-electron chi connectivity index (χ1n) is 4.27. The van der Waals surface area contributed by atoms with Gasteiger partial charge in [-0.3, -0.25) is 0 Å². The largest absolute Gasteiger partial charge is 0.472 e. The number of nitrogens with zero attached hydrogens (tertiary/aromatic N) is 2. The minimum Gasteiger partial charge on any atom is -0.472 e. The van der Waals surface area contributed by atoms with E-state index in [1.54, 1.807) is 12.4 Å². The quantitative estimate of drug-likeness (QED) is 0.739. The number of rotatable bonds is 1. The molecule has 0 saturated carbocycles. The van der Waals surface area contributed by atoms with Gasteiger partial charge in [0.05, 0.1) is 18.2 Å². The summed E-state index contributed by atoms with van der Waals surface area (Å²) < 4.78 is 1.31. The summed E-state index contributed by atoms with van der Waals surface area (Å²) in [6, 6.07) is 7.72. The Morgan fingerprint density at radius 3 is 2.80 bits per heavy atom. The molecule has 0 unspecified atom stereocenters. The fourth-order valence-corrected chi connectivity index (χ4v) is 1.59. The lowest BCUT2D eigenvalue weighted by atomic mass is 10.1. The molecule has 2 rings (SSSR count). The molecule has 1 heterocycles. The van der Waals surface area contributed by atoms with E-state index < -0.39 is 5.30 Å². The number of fused-ring (bicyclic) bond motifs is 1. The first-order valence-corrected chi connectivity index (χ1v) is 5.04. The highest BCUT2D eigenvalue weighted by molar-refractivity contribution is 8.11. The molecule has 1 aliphatic heterocycles. The average Bonchev–Trinajstić information content (AvgIpc) is 2.41. The predicted molar refractivity (Wildman–Crippen MR) is 60.5 cm³/mol. The van der Waals surface area contributed by atoms with Crippen molar-refractivity contribution in [3.05, 3.63) is 41.6 Å². The van der Waals surface area contributed by atoms with Crippen LogP contribution < -0.4 is 0 Å². The lowest BCUT2D eigenvalue weighted by Gasteiger charge is -2.06. The smallest absolute Gasteiger partial charge is 0.387 e. The second-order valence-electron chi connectivity index (χ2n) is 2.85. The molecule has 76 valence electrons. The molecule has 1 aliphatic rings. The summed E-state index contributed by atoms with van der Waals surface area (Å²) in [5.74, 6) is 0. The first-order chi connectivity index (χ1) is 7.25. The van der Waals surface area contributed by atoms with Crippen molar-refractivity contribution in [3.63, 3.8) is 0 Å². The van der Waals surface area contributed by atoms with E-state index in [4.69, 9.17) is 5.11 Å². The third-order valence-corrected chi connectivity index (χ3v) is 2.42. The molecule has 0 bridgehead atoms. The van der Waals surface area contributed by atoms with Gasteiger partial charge in [0.2, 0.25) is 0 Å². The van der Waals surface area contributed by atoms with Crippen molar-refractivity contribution in [2.45, 2.75) is 0 Å². The van der Waals surface area contributed by atoms with Crippen LogP contribution in [-0.4, -0.2) is 21.0 Å². The van der Waals surface area contributed by atoms with Crippen LogP contribution in [-0.2, 0) is 0 Å². The second-order valence-corrected chi connectivity index (χ2v) is 3.75. The van der Waals surface area contributed by atoms with E-state index in [2.05, 4.69) is 5.10 Å². The Morgan fingerprint density at radius 2 is 2.07 bits per heavy atom. The van der Waals surface area contributed by atoms with Crippen molar-refractivity contribution in [1.82, 2.24) is 4.41 Å². The maximum Gasteiger partial charge on any atom is 0.387 e. The molecule has 5 heteroatoms. The lowest BCUT2D eigenvalue weighted by molar-refractivity contribution is 0.221. The van der Waals surface area contributed by atoms with Crippen molar-refractivity contribution in [2.75, 3.05) is 0 Å². The van der Waals surface area contributed by atoms with Crippen molar-refractivity contribution in [1.29, 1.82) is 0 Å². The van der Waals surface area contributed by atoms with Crippen LogP contribution in [0.5, 0.6) is 0 Å². The van der Waals surface area contributed by atoms with Crippen LogP contribution >= 0.6 is 11.9 Å². The zero-order valence-electron chi connectivity index (χ0n) is 7.70. The van der Waals surface area contributed by atoms with Gasteiger partial charge >= 0.3 is 5.30 Å². The molecule has 0 saturated heterocycles. The van der Waals surface area contributed by atoms with E-state index in [1.165, 1.54) is 4.41 Å². The fraction of sp³-hybridized carbons (Fsp3) is 0. The van der Waals surface area contributed by atoms with Crippen LogP contribution in [0.3, 0.4) is 0 Å². The molecule has 0 radical (unpaired) electrons. The van der Waals surface area contributed by atoms with Gasteiger partial charge in [0.1, 0.15) is 0 Å². The molecular weight excluding hydrogens is 212 g/mol. The van der Waals surface area contributed by atoms with Gasteiger partial charge in [0.25, 0.3) is 0 Å². The number of carboxylic acid groups (broad SMARTS) is 1. The minimum atomic E-state index is -0.984. The van der Waals surface area contributed by atoms with Crippen molar-refractivity contribution in [2.24, 2.45) is 5.10 Å². The molecule has 15 heavy (non-hydrogen) atoms. The molecule has 0 amide bonds. The van der Waals surface area contributed by atoms with Crippen LogP contribution in [0.2, 0.25) is 0 Å². The van der Waals surface area contributed by atoms with Gasteiger partial charge in [-0.25, -0.2) is 9.21 Å². The first kappa shape index (κ1) is 9.79. The van der Waals surface area contributed by atoms with Gasteiger partial charge in [-0.1, -0.05) is 24.3 Å². The maximum atomic E-state index is 10.5. The van der Waals surface area contributed by atoms with Crippen LogP contribution in [0.25, 0.3) is 6.08 Å². The summed E-state index contributed by atoms with van der Waals surface area (Å²) in [5, 5.41) is 11.6. The van der Waals surface area contributed by atoms with Crippen LogP contribution in [0, 0.1) is 0 Å². The summed E-state index contributed by atoms with van der Waals surface area (Å²) >= 11 is 0.625. The summed E-state index contributed by atoms with van der Waals surface area (Å²) in [6.45, 7) is 0. The maximum absolute atomic E-state index is 10.5. The number of benzene rings is 1. The SMILES string of the molecule is O=C(O)SN1C=Cc2ccccc2C=N1. The van der Waals surface area contributed by atoms with E-state index in [0.29, 0.717) is 11.9 Å². The zero-order valence-corrected chi connectivity index (χ0v) is 8.52. The molecule has 0 fully saturated rings. The fourth-order valence-electron chi connectivity index (χ4n) is 1.22. The monoisotopic (exact) mass is 220 g/mol. The van der Waals surface area contributed by atoms with Gasteiger partial charge in [-0.05, 0) is 11.6 Å². The summed E-state index contributed by atoms with van der Waals surface area (Å²) in [6.07, 6.45) is 5.10. The molecule has 4 nitrogen and oxygen atoms in total. The van der Waals surface area contributed by atoms with Gasteiger partial charge < -0.3 is 5.11 Å². The van der Waals surface area contributed by atoms with Crippen molar-refractivity contribution >= 4 is 29.5 Å². The highest BCUT2D eigenvalue weighted by atomic mass is 32.2. The van der Waals surface area contributed by atoms with Crippen LogP contribution in [0.15, 0.2) is 35.6 Å². The Morgan fingerprint density at radius 1 is 1.33 bits per heavy atom. The van der Waals surface area contributed by atoms with E-state index in [-0.39, 0.29) is 0 Å². The van der Waals surface area contributed by atoms with Crippen molar-refractivity contribution in [3.8, 4) is 0 Å². The van der Waals surface area contributed by atoms with Gasteiger partial charge in [0, 0.05) is 11.8 Å². The minimum absolute atomic E-state index is 0.625. The summed E-state index contributed by atoms with van der Waals surface area (Å²) in [7, 11) is 0.